The molecule has 122 valence electrons. The fourth-order valence-electron chi connectivity index (χ4n) is 2.15. The van der Waals surface area contributed by atoms with E-state index in [0.717, 1.165) is 0 Å². The molecule has 0 atom stereocenters. The van der Waals surface area contributed by atoms with E-state index in [4.69, 9.17) is 11.6 Å². The molecule has 2 aromatic heterocycles. The monoisotopic (exact) mass is 347 g/mol. The molecule has 0 saturated carbocycles. The SMILES string of the molecule is O=C(Nc1ccon1)c1cccn(Cc2c(F)cccc2Cl)c1=O. The van der Waals surface area contributed by atoms with Crippen LogP contribution in [-0.2, 0) is 6.54 Å². The molecule has 6 nitrogen and oxygen atoms in total. The predicted octanol–water partition coefficient (Wildman–Crippen LogP) is 2.93. The van der Waals surface area contributed by atoms with Gasteiger partial charge in [-0.2, -0.15) is 0 Å². The average Bonchev–Trinajstić information content (AvgIpc) is 3.05. The van der Waals surface area contributed by atoms with Gasteiger partial charge >= 0.3 is 0 Å². The normalized spacial score (nSPS) is 10.6. The highest BCUT2D eigenvalue weighted by molar-refractivity contribution is 6.31. The van der Waals surface area contributed by atoms with E-state index in [-0.39, 0.29) is 28.5 Å². The first-order valence-electron chi connectivity index (χ1n) is 6.90. The topological polar surface area (TPSA) is 77.1 Å². The number of rotatable bonds is 4. The number of hydrogen-bond donors (Lipinski definition) is 1. The number of carbonyl (C=O) groups is 1. The maximum atomic E-state index is 13.9. The minimum atomic E-state index is -0.636. The molecule has 8 heteroatoms. The van der Waals surface area contributed by atoms with Crippen molar-refractivity contribution in [3.63, 3.8) is 0 Å². The molecule has 3 aromatic rings. The Balaban J connectivity index is 1.91. The summed E-state index contributed by atoms with van der Waals surface area (Å²) in [4.78, 5) is 24.6. The second-order valence-corrected chi connectivity index (χ2v) is 5.30. The van der Waals surface area contributed by atoms with Gasteiger partial charge in [-0.1, -0.05) is 22.8 Å². The molecule has 24 heavy (non-hydrogen) atoms. The van der Waals surface area contributed by atoms with Gasteiger partial charge in [-0.3, -0.25) is 9.59 Å². The van der Waals surface area contributed by atoms with Crippen molar-refractivity contribution in [2.45, 2.75) is 6.54 Å². The van der Waals surface area contributed by atoms with Crippen LogP contribution in [-0.4, -0.2) is 15.6 Å². The molecule has 0 aliphatic carbocycles. The number of anilines is 1. The number of benzene rings is 1. The quantitative estimate of drug-likeness (QED) is 0.787. The van der Waals surface area contributed by atoms with E-state index in [1.807, 2.05) is 0 Å². The molecule has 0 saturated heterocycles. The standard InChI is InChI=1S/C16H11ClFN3O3/c17-12-4-1-5-13(18)11(12)9-21-7-2-3-10(16(21)23)15(22)19-14-6-8-24-20-14/h1-8H,9H2,(H,19,20,22). The molecule has 0 spiro atoms. The van der Waals surface area contributed by atoms with Gasteiger partial charge in [-0.05, 0) is 24.3 Å². The lowest BCUT2D eigenvalue weighted by Crippen LogP contribution is -2.29. The number of nitrogens with one attached hydrogen (secondary N) is 1. The van der Waals surface area contributed by atoms with Crippen molar-refractivity contribution in [2.75, 3.05) is 5.32 Å². The third kappa shape index (κ3) is 3.21. The maximum Gasteiger partial charge on any atom is 0.263 e. The van der Waals surface area contributed by atoms with Gasteiger partial charge in [0.1, 0.15) is 17.6 Å². The van der Waals surface area contributed by atoms with Gasteiger partial charge in [0.2, 0.25) is 0 Å². The van der Waals surface area contributed by atoms with E-state index in [1.165, 1.54) is 53.4 Å². The molecule has 3 rings (SSSR count). The number of carbonyl (C=O) groups excluding carboxylic acids is 1. The Morgan fingerprint density at radius 2 is 2.12 bits per heavy atom. The van der Waals surface area contributed by atoms with Gasteiger partial charge in [0.05, 0.1) is 6.54 Å². The summed E-state index contributed by atoms with van der Waals surface area (Å²) in [7, 11) is 0. The van der Waals surface area contributed by atoms with Crippen molar-refractivity contribution in [1.29, 1.82) is 0 Å². The fraction of sp³-hybridized carbons (Fsp3) is 0.0625. The van der Waals surface area contributed by atoms with Crippen LogP contribution in [0.3, 0.4) is 0 Å². The molecule has 0 aliphatic rings. The number of halogens is 2. The summed E-state index contributed by atoms with van der Waals surface area (Å²) in [6.07, 6.45) is 2.75. The lowest BCUT2D eigenvalue weighted by Gasteiger charge is -2.10. The van der Waals surface area contributed by atoms with Crippen LogP contribution in [0, 0.1) is 5.82 Å². The number of aromatic nitrogens is 2. The van der Waals surface area contributed by atoms with Crippen LogP contribution in [0.4, 0.5) is 10.2 Å². The lowest BCUT2D eigenvalue weighted by atomic mass is 10.2. The summed E-state index contributed by atoms with van der Waals surface area (Å²) in [5.41, 5.74) is -0.499. The van der Waals surface area contributed by atoms with E-state index >= 15 is 0 Å². The third-order valence-electron chi connectivity index (χ3n) is 3.33. The summed E-state index contributed by atoms with van der Waals surface area (Å²) in [5, 5.41) is 6.19. The molecule has 0 aliphatic heterocycles. The first-order chi connectivity index (χ1) is 11.6. The Morgan fingerprint density at radius 3 is 2.83 bits per heavy atom. The number of pyridine rings is 1. The van der Waals surface area contributed by atoms with E-state index < -0.39 is 17.3 Å². The van der Waals surface area contributed by atoms with Crippen molar-refractivity contribution in [1.82, 2.24) is 9.72 Å². The molecule has 1 N–H and O–H groups in total. The number of hydrogen-bond acceptors (Lipinski definition) is 4. The Labute approximate surface area is 140 Å². The van der Waals surface area contributed by atoms with Gasteiger partial charge in [0.15, 0.2) is 5.82 Å². The summed E-state index contributed by atoms with van der Waals surface area (Å²) in [5.74, 6) is -0.971. The van der Waals surface area contributed by atoms with E-state index in [2.05, 4.69) is 15.0 Å². The van der Waals surface area contributed by atoms with Crippen LogP contribution >= 0.6 is 11.6 Å². The van der Waals surface area contributed by atoms with Gasteiger partial charge in [-0.25, -0.2) is 4.39 Å². The van der Waals surface area contributed by atoms with Crippen molar-refractivity contribution in [2.24, 2.45) is 0 Å². The second kappa shape index (κ2) is 6.67. The van der Waals surface area contributed by atoms with Crippen LogP contribution in [0.2, 0.25) is 5.02 Å². The van der Waals surface area contributed by atoms with Gasteiger partial charge in [-0.15, -0.1) is 0 Å². The van der Waals surface area contributed by atoms with E-state index in [0.29, 0.717) is 0 Å². The molecular weight excluding hydrogens is 337 g/mol. The minimum absolute atomic E-state index is 0.0879. The first-order valence-corrected chi connectivity index (χ1v) is 7.28. The van der Waals surface area contributed by atoms with E-state index in [1.54, 1.807) is 0 Å². The molecule has 1 aromatic carbocycles. The molecular formula is C16H11ClFN3O3. The van der Waals surface area contributed by atoms with Crippen molar-refractivity contribution in [3.05, 3.63) is 81.2 Å². The molecule has 0 radical (unpaired) electrons. The molecule has 1 amide bonds. The Hall–Kier alpha value is -2.93. The van der Waals surface area contributed by atoms with Crippen LogP contribution in [0.25, 0.3) is 0 Å². The summed E-state index contributed by atoms with van der Waals surface area (Å²) >= 11 is 5.98. The fourth-order valence-corrected chi connectivity index (χ4v) is 2.37. The zero-order valence-electron chi connectivity index (χ0n) is 12.2. The largest absolute Gasteiger partial charge is 0.363 e. The highest BCUT2D eigenvalue weighted by atomic mass is 35.5. The molecule has 2 heterocycles. The Morgan fingerprint density at radius 1 is 1.29 bits per heavy atom. The zero-order valence-corrected chi connectivity index (χ0v) is 13.0. The minimum Gasteiger partial charge on any atom is -0.363 e. The van der Waals surface area contributed by atoms with Gasteiger partial charge < -0.3 is 14.4 Å². The molecule has 0 bridgehead atoms. The predicted molar refractivity (Wildman–Crippen MR) is 85.7 cm³/mol. The number of amides is 1. The summed E-state index contributed by atoms with van der Waals surface area (Å²) in [6.45, 7) is -0.0879. The van der Waals surface area contributed by atoms with Crippen molar-refractivity contribution < 1.29 is 13.7 Å². The second-order valence-electron chi connectivity index (χ2n) is 4.89. The van der Waals surface area contributed by atoms with Gasteiger partial charge in [0, 0.05) is 22.8 Å². The van der Waals surface area contributed by atoms with Crippen LogP contribution < -0.4 is 10.9 Å². The highest BCUT2D eigenvalue weighted by Gasteiger charge is 2.15. The average molecular weight is 348 g/mol. The molecule has 0 unspecified atom stereocenters. The van der Waals surface area contributed by atoms with Crippen molar-refractivity contribution in [3.8, 4) is 0 Å². The lowest BCUT2D eigenvalue weighted by molar-refractivity contribution is 0.102. The number of nitrogens with zero attached hydrogens (tertiary/aromatic N) is 2. The Bertz CT molecular complexity index is 918. The highest BCUT2D eigenvalue weighted by Crippen LogP contribution is 2.19. The van der Waals surface area contributed by atoms with Crippen LogP contribution in [0.1, 0.15) is 15.9 Å². The molecule has 0 fully saturated rings. The van der Waals surface area contributed by atoms with Crippen LogP contribution in [0.15, 0.2) is 58.2 Å². The third-order valence-corrected chi connectivity index (χ3v) is 3.69. The first kappa shape index (κ1) is 15.9. The van der Waals surface area contributed by atoms with Crippen molar-refractivity contribution >= 4 is 23.3 Å². The summed E-state index contributed by atoms with van der Waals surface area (Å²) in [6, 6.07) is 8.61. The maximum absolute atomic E-state index is 13.9. The zero-order chi connectivity index (χ0) is 17.1. The smallest absolute Gasteiger partial charge is 0.263 e. The van der Waals surface area contributed by atoms with Crippen LogP contribution in [0.5, 0.6) is 0 Å². The van der Waals surface area contributed by atoms with Gasteiger partial charge in [0.25, 0.3) is 11.5 Å². The summed E-state index contributed by atoms with van der Waals surface area (Å²) < 4.78 is 19.7. The van der Waals surface area contributed by atoms with E-state index in [9.17, 15) is 14.0 Å². The Kier molecular flexibility index (Phi) is 4.43.